The predicted molar refractivity (Wildman–Crippen MR) is 80.2 cm³/mol. The number of nitrogens with zero attached hydrogens (tertiary/aromatic N) is 3. The van der Waals surface area contributed by atoms with Crippen molar-refractivity contribution in [1.82, 2.24) is 20.1 Å². The van der Waals surface area contributed by atoms with Crippen LogP contribution in [0.1, 0.15) is 19.8 Å². The third-order valence-corrected chi connectivity index (χ3v) is 4.00. The molecule has 1 aliphatic rings. The molecule has 21 heavy (non-hydrogen) atoms. The summed E-state index contributed by atoms with van der Waals surface area (Å²) in [5.41, 5.74) is 0.419. The smallest absolute Gasteiger partial charge is 0.230 e. The van der Waals surface area contributed by atoms with Gasteiger partial charge in [-0.3, -0.25) is 4.79 Å². The zero-order chi connectivity index (χ0) is 14.7. The molecule has 2 aromatic heterocycles. The molecule has 1 saturated heterocycles. The second kappa shape index (κ2) is 5.65. The molecular formula is C15H19N5O. The number of amides is 1. The predicted octanol–water partition coefficient (Wildman–Crippen LogP) is 1.60. The van der Waals surface area contributed by atoms with Gasteiger partial charge in [-0.25, -0.2) is 9.67 Å². The minimum absolute atomic E-state index is 0.0673. The molecule has 0 aliphatic carbocycles. The van der Waals surface area contributed by atoms with E-state index in [4.69, 9.17) is 0 Å². The molecule has 1 fully saturated rings. The van der Waals surface area contributed by atoms with Gasteiger partial charge in [-0.2, -0.15) is 5.10 Å². The number of anilines is 1. The topological polar surface area (TPSA) is 71.8 Å². The van der Waals surface area contributed by atoms with Gasteiger partial charge in [0.1, 0.15) is 0 Å². The number of nitrogens with one attached hydrogen (secondary N) is 2. The summed E-state index contributed by atoms with van der Waals surface area (Å²) < 4.78 is 1.68. The molecule has 0 radical (unpaired) electrons. The lowest BCUT2D eigenvalue weighted by molar-refractivity contribution is -0.126. The number of hydrogen-bond donors (Lipinski definition) is 2. The van der Waals surface area contributed by atoms with Gasteiger partial charge in [0.25, 0.3) is 0 Å². The number of aromatic nitrogens is 3. The third-order valence-electron chi connectivity index (χ3n) is 4.00. The third kappa shape index (κ3) is 2.95. The van der Waals surface area contributed by atoms with Gasteiger partial charge in [0, 0.05) is 17.8 Å². The fourth-order valence-corrected chi connectivity index (χ4v) is 2.49. The summed E-state index contributed by atoms with van der Waals surface area (Å²) in [6.45, 7) is 3.80. The van der Waals surface area contributed by atoms with E-state index in [1.165, 1.54) is 0 Å². The normalized spacial score (nSPS) is 17.4. The van der Waals surface area contributed by atoms with Crippen LogP contribution in [0.4, 0.5) is 5.69 Å². The number of carbonyl (C=O) groups is 1. The Morgan fingerprint density at radius 1 is 1.38 bits per heavy atom. The first-order valence-electron chi connectivity index (χ1n) is 7.16. The Bertz CT molecular complexity index is 600. The van der Waals surface area contributed by atoms with Crippen molar-refractivity contribution in [2.24, 2.45) is 5.41 Å². The van der Waals surface area contributed by atoms with E-state index in [-0.39, 0.29) is 11.3 Å². The molecule has 110 valence electrons. The Labute approximate surface area is 123 Å². The zero-order valence-electron chi connectivity index (χ0n) is 12.0. The maximum atomic E-state index is 12.4. The van der Waals surface area contributed by atoms with Crippen molar-refractivity contribution in [3.8, 4) is 5.82 Å². The van der Waals surface area contributed by atoms with Gasteiger partial charge in [-0.1, -0.05) is 6.92 Å². The molecule has 0 bridgehead atoms. The second-order valence-electron chi connectivity index (χ2n) is 5.62. The van der Waals surface area contributed by atoms with Gasteiger partial charge in [0.2, 0.25) is 5.91 Å². The summed E-state index contributed by atoms with van der Waals surface area (Å²) in [7, 11) is 0. The number of pyridine rings is 1. The number of piperidine rings is 1. The van der Waals surface area contributed by atoms with Gasteiger partial charge in [0.05, 0.1) is 11.9 Å². The van der Waals surface area contributed by atoms with Crippen LogP contribution in [-0.2, 0) is 4.79 Å². The highest BCUT2D eigenvalue weighted by atomic mass is 16.2. The number of carbonyl (C=O) groups excluding carboxylic acids is 1. The average Bonchev–Trinajstić information content (AvgIpc) is 3.03. The number of hydrogen-bond acceptors (Lipinski definition) is 4. The monoisotopic (exact) mass is 285 g/mol. The highest BCUT2D eigenvalue weighted by Crippen LogP contribution is 2.29. The van der Waals surface area contributed by atoms with Crippen molar-refractivity contribution < 1.29 is 4.79 Å². The lowest BCUT2D eigenvalue weighted by Gasteiger charge is -2.32. The fraction of sp³-hybridized carbons (Fsp3) is 0.400. The maximum absolute atomic E-state index is 12.4. The van der Waals surface area contributed by atoms with Crippen molar-refractivity contribution in [3.05, 3.63) is 36.8 Å². The fourth-order valence-electron chi connectivity index (χ4n) is 2.49. The van der Waals surface area contributed by atoms with Crippen molar-refractivity contribution in [1.29, 1.82) is 0 Å². The average molecular weight is 285 g/mol. The summed E-state index contributed by atoms with van der Waals surface area (Å²) in [5.74, 6) is 0.795. The summed E-state index contributed by atoms with van der Waals surface area (Å²) in [6.07, 6.45) is 6.92. The standard InChI is InChI=1S/C15H19N5O/c1-15(5-8-16-9-6-15)14(21)19-12-3-4-13(17-11-12)20-10-2-7-18-20/h2-4,7,10-11,16H,5-6,8-9H2,1H3,(H,19,21). The molecule has 2 N–H and O–H groups in total. The second-order valence-corrected chi connectivity index (χ2v) is 5.62. The Morgan fingerprint density at radius 3 is 2.81 bits per heavy atom. The summed E-state index contributed by atoms with van der Waals surface area (Å²) in [4.78, 5) is 16.7. The molecule has 0 aromatic carbocycles. The van der Waals surface area contributed by atoms with Crippen LogP contribution in [-0.4, -0.2) is 33.8 Å². The van der Waals surface area contributed by atoms with E-state index in [1.807, 2.05) is 31.3 Å². The van der Waals surface area contributed by atoms with E-state index in [1.54, 1.807) is 17.1 Å². The van der Waals surface area contributed by atoms with Gasteiger partial charge in [0.15, 0.2) is 5.82 Å². The lowest BCUT2D eigenvalue weighted by atomic mass is 9.80. The molecule has 0 spiro atoms. The first-order chi connectivity index (χ1) is 10.2. The van der Waals surface area contributed by atoms with Gasteiger partial charge in [-0.15, -0.1) is 0 Å². The van der Waals surface area contributed by atoms with Crippen LogP contribution >= 0.6 is 0 Å². The van der Waals surface area contributed by atoms with Crippen LogP contribution < -0.4 is 10.6 Å². The molecular weight excluding hydrogens is 266 g/mol. The minimum Gasteiger partial charge on any atom is -0.324 e. The Kier molecular flexibility index (Phi) is 3.70. The molecule has 0 unspecified atom stereocenters. The zero-order valence-corrected chi connectivity index (χ0v) is 12.0. The quantitative estimate of drug-likeness (QED) is 0.898. The summed E-state index contributed by atoms with van der Waals surface area (Å²) in [5, 5.41) is 10.4. The van der Waals surface area contributed by atoms with Gasteiger partial charge >= 0.3 is 0 Å². The van der Waals surface area contributed by atoms with E-state index < -0.39 is 0 Å². The van der Waals surface area contributed by atoms with Crippen molar-refractivity contribution in [2.45, 2.75) is 19.8 Å². The van der Waals surface area contributed by atoms with Crippen LogP contribution in [0.25, 0.3) is 5.82 Å². The van der Waals surface area contributed by atoms with Crippen LogP contribution in [0.2, 0.25) is 0 Å². The molecule has 1 aliphatic heterocycles. The van der Waals surface area contributed by atoms with Crippen LogP contribution in [0.5, 0.6) is 0 Å². The van der Waals surface area contributed by atoms with E-state index >= 15 is 0 Å². The van der Waals surface area contributed by atoms with Gasteiger partial charge < -0.3 is 10.6 Å². The van der Waals surface area contributed by atoms with E-state index in [0.717, 1.165) is 37.4 Å². The maximum Gasteiger partial charge on any atom is 0.230 e. The molecule has 0 atom stereocenters. The van der Waals surface area contributed by atoms with Gasteiger partial charge in [-0.05, 0) is 44.1 Å². The molecule has 2 aromatic rings. The highest BCUT2D eigenvalue weighted by Gasteiger charge is 2.34. The van der Waals surface area contributed by atoms with Crippen molar-refractivity contribution >= 4 is 11.6 Å². The van der Waals surface area contributed by atoms with Crippen LogP contribution in [0.15, 0.2) is 36.8 Å². The Balaban J connectivity index is 1.69. The SMILES string of the molecule is CC1(C(=O)Nc2ccc(-n3cccn3)nc2)CCNCC1. The first kappa shape index (κ1) is 13.8. The summed E-state index contributed by atoms with van der Waals surface area (Å²) in [6, 6.07) is 5.54. The van der Waals surface area contributed by atoms with E-state index in [0.29, 0.717) is 0 Å². The van der Waals surface area contributed by atoms with Crippen LogP contribution in [0.3, 0.4) is 0 Å². The van der Waals surface area contributed by atoms with E-state index in [9.17, 15) is 4.79 Å². The Hall–Kier alpha value is -2.21. The molecule has 6 heteroatoms. The molecule has 3 rings (SSSR count). The molecule has 1 amide bonds. The minimum atomic E-state index is -0.300. The van der Waals surface area contributed by atoms with Crippen LogP contribution in [0, 0.1) is 5.41 Å². The lowest BCUT2D eigenvalue weighted by Crippen LogP contribution is -2.42. The van der Waals surface area contributed by atoms with E-state index in [2.05, 4.69) is 20.7 Å². The summed E-state index contributed by atoms with van der Waals surface area (Å²) >= 11 is 0. The molecule has 6 nitrogen and oxygen atoms in total. The largest absolute Gasteiger partial charge is 0.324 e. The van der Waals surface area contributed by atoms with Crippen molar-refractivity contribution in [3.63, 3.8) is 0 Å². The number of rotatable bonds is 3. The highest BCUT2D eigenvalue weighted by molar-refractivity contribution is 5.95. The first-order valence-corrected chi connectivity index (χ1v) is 7.16. The molecule has 0 saturated carbocycles. The van der Waals surface area contributed by atoms with Crippen molar-refractivity contribution in [2.75, 3.05) is 18.4 Å². The Morgan fingerprint density at radius 2 is 2.19 bits per heavy atom. The molecule has 3 heterocycles.